The zero-order valence-corrected chi connectivity index (χ0v) is 34.4. The maximum absolute atomic E-state index is 15.1. The summed E-state index contributed by atoms with van der Waals surface area (Å²) in [5, 5.41) is 11.7. The van der Waals surface area contributed by atoms with Gasteiger partial charge in [0.25, 0.3) is 11.8 Å². The van der Waals surface area contributed by atoms with Crippen LogP contribution in [0.2, 0.25) is 5.02 Å². The number of nitriles is 1. The molecule has 19 heteroatoms. The van der Waals surface area contributed by atoms with Crippen LogP contribution in [0.5, 0.6) is 5.75 Å². The highest BCUT2D eigenvalue weighted by atomic mass is 35.5. The van der Waals surface area contributed by atoms with E-state index in [0.717, 1.165) is 28.3 Å². The Labute approximate surface area is 353 Å². The van der Waals surface area contributed by atoms with Crippen molar-refractivity contribution >= 4 is 63.8 Å². The number of nitrogens with one attached hydrogen (secondary N) is 1. The van der Waals surface area contributed by atoms with Crippen molar-refractivity contribution in [1.82, 2.24) is 20.1 Å². The number of hydrogen-bond acceptors (Lipinski definition) is 10. The van der Waals surface area contributed by atoms with Gasteiger partial charge in [0.15, 0.2) is 16.6 Å². The highest BCUT2D eigenvalue weighted by Crippen LogP contribution is 2.43. The lowest BCUT2D eigenvalue weighted by molar-refractivity contribution is -0.138. The first kappa shape index (κ1) is 44.5. The zero-order chi connectivity index (χ0) is 43.7. The number of hydrogen-bond donors (Lipinski definition) is 1. The first-order chi connectivity index (χ1) is 28.1. The fourth-order valence-electron chi connectivity index (χ4n) is 7.61. The lowest BCUT2D eigenvalue weighted by Gasteiger charge is -2.34. The summed E-state index contributed by atoms with van der Waals surface area (Å²) in [5.41, 5.74) is -2.95. The van der Waals surface area contributed by atoms with Gasteiger partial charge in [-0.25, -0.2) is 13.8 Å². The second-order valence-corrected chi connectivity index (χ2v) is 16.4. The molecule has 0 bridgehead atoms. The number of anilines is 2. The fraction of sp³-hybridized carbons (Fsp3) is 0.439. The summed E-state index contributed by atoms with van der Waals surface area (Å²) in [6, 6.07) is 11.2. The highest BCUT2D eigenvalue weighted by molar-refractivity contribution is 7.81. The van der Waals surface area contributed by atoms with Crippen LogP contribution in [0.4, 0.5) is 33.3 Å². The molecule has 1 N–H and O–H groups in total. The molecule has 0 saturated carbocycles. The Bertz CT molecular complexity index is 2260. The minimum absolute atomic E-state index is 0.00511. The number of ether oxygens (including phenoxy) is 1. The number of alkyl halides is 5. The number of benzene rings is 2. The van der Waals surface area contributed by atoms with Crippen molar-refractivity contribution < 1.29 is 45.9 Å². The summed E-state index contributed by atoms with van der Waals surface area (Å²) in [6.07, 6.45) is -2.72. The predicted octanol–water partition coefficient (Wildman–Crippen LogP) is 6.06. The van der Waals surface area contributed by atoms with E-state index in [0.29, 0.717) is 63.6 Å². The number of carbonyl (C=O) groups is 4. The lowest BCUT2D eigenvalue weighted by atomic mass is 9.90. The number of rotatable bonds is 13. The Morgan fingerprint density at radius 3 is 2.32 bits per heavy atom. The molecule has 3 aliphatic rings. The number of aromatic nitrogens is 1. The first-order valence-corrected chi connectivity index (χ1v) is 19.8. The van der Waals surface area contributed by atoms with Gasteiger partial charge in [-0.05, 0) is 86.4 Å². The molecule has 1 unspecified atom stereocenters. The zero-order valence-electron chi connectivity index (χ0n) is 32.9. The standard InChI is InChI=1S/C41H41ClF5N7O5S/c1-39(2)37(58)53(29-20-31(41(45,46)47)33(21-48)49-22-29)38(60)54(39)28-5-6-34(32(19-28)40(3,43)44)59-13-12-51-8-10-52(11-9-51)23-30(55)18-25-14-24(16-27(42)17-25)15-26-4-7-35(56)50-36(26)57/h5-6,14,16-17,19-20,22,26H,4,7-13,15,18,23H2,1-3H3,(H,50,56,57). The van der Waals surface area contributed by atoms with E-state index in [1.807, 2.05) is 11.0 Å². The van der Waals surface area contributed by atoms with Crippen LogP contribution in [0.15, 0.2) is 48.7 Å². The number of halogens is 6. The summed E-state index contributed by atoms with van der Waals surface area (Å²) in [4.78, 5) is 60.3. The molecule has 1 atom stereocenters. The molecule has 3 amide bonds. The van der Waals surface area contributed by atoms with Crippen molar-refractivity contribution in [3.8, 4) is 11.8 Å². The Balaban J connectivity index is 1.04. The predicted molar refractivity (Wildman–Crippen MR) is 215 cm³/mol. The number of piperazine rings is 1. The average molecular weight is 874 g/mol. The van der Waals surface area contributed by atoms with Crippen molar-refractivity contribution in [2.24, 2.45) is 5.92 Å². The number of nitrogens with zero attached hydrogens (tertiary/aromatic N) is 6. The highest BCUT2D eigenvalue weighted by Gasteiger charge is 2.51. The fourth-order valence-corrected chi connectivity index (χ4v) is 8.41. The normalized spacial score (nSPS) is 19.1. The van der Waals surface area contributed by atoms with Crippen LogP contribution in [0.3, 0.4) is 0 Å². The number of imide groups is 1. The summed E-state index contributed by atoms with van der Waals surface area (Å²) in [7, 11) is 0. The Morgan fingerprint density at radius 1 is 1.00 bits per heavy atom. The van der Waals surface area contributed by atoms with Gasteiger partial charge >= 0.3 is 6.18 Å². The number of Topliss-reactive ketones (excluding diaryl/α,β-unsaturated/α-hetero) is 1. The van der Waals surface area contributed by atoms with Crippen molar-refractivity contribution in [3.05, 3.63) is 81.6 Å². The number of carbonyl (C=O) groups excluding carboxylic acids is 4. The van der Waals surface area contributed by atoms with Crippen LogP contribution in [-0.4, -0.2) is 94.8 Å². The molecule has 318 valence electrons. The molecule has 6 rings (SSSR count). The number of piperidine rings is 1. The number of amides is 3. The second-order valence-electron chi connectivity index (χ2n) is 15.6. The molecule has 60 heavy (non-hydrogen) atoms. The number of pyridine rings is 1. The smallest absolute Gasteiger partial charge is 0.419 e. The van der Waals surface area contributed by atoms with Crippen LogP contribution in [0.25, 0.3) is 0 Å². The average Bonchev–Trinajstić information content (AvgIpc) is 3.34. The molecular formula is C41H41ClF5N7O5S. The molecule has 1 aromatic heterocycles. The van der Waals surface area contributed by atoms with E-state index in [4.69, 9.17) is 33.8 Å². The van der Waals surface area contributed by atoms with Gasteiger partial charge in [0.2, 0.25) is 11.8 Å². The molecular weight excluding hydrogens is 833 g/mol. The molecule has 3 aromatic rings. The molecule has 0 spiro atoms. The molecule has 3 aliphatic heterocycles. The van der Waals surface area contributed by atoms with Crippen molar-refractivity contribution in [1.29, 1.82) is 5.26 Å². The molecule has 0 radical (unpaired) electrons. The summed E-state index contributed by atoms with van der Waals surface area (Å²) in [5.74, 6) is -5.19. The molecule has 4 heterocycles. The van der Waals surface area contributed by atoms with Crippen molar-refractivity contribution in [2.75, 3.05) is 55.7 Å². The van der Waals surface area contributed by atoms with Crippen LogP contribution >= 0.6 is 23.8 Å². The van der Waals surface area contributed by atoms with E-state index in [1.165, 1.54) is 36.9 Å². The second kappa shape index (κ2) is 17.5. The Morgan fingerprint density at radius 2 is 1.67 bits per heavy atom. The molecule has 0 aliphatic carbocycles. The molecule has 12 nitrogen and oxygen atoms in total. The minimum Gasteiger partial charge on any atom is -0.492 e. The third-order valence-corrected chi connectivity index (χ3v) is 11.3. The van der Waals surface area contributed by atoms with Crippen molar-refractivity contribution in [2.45, 2.75) is 64.1 Å². The van der Waals surface area contributed by atoms with Gasteiger partial charge in [-0.3, -0.25) is 39.2 Å². The topological polar surface area (TPSA) is 139 Å². The van der Waals surface area contributed by atoms with Gasteiger partial charge in [-0.2, -0.15) is 18.4 Å². The molecule has 2 aromatic carbocycles. The monoisotopic (exact) mass is 873 g/mol. The van der Waals surface area contributed by atoms with Gasteiger partial charge in [0.1, 0.15) is 24.0 Å². The number of thiocarbonyl (C=S) groups is 1. The van der Waals surface area contributed by atoms with E-state index in [9.17, 15) is 32.3 Å². The quantitative estimate of drug-likeness (QED) is 0.122. The summed E-state index contributed by atoms with van der Waals surface area (Å²) in [6.45, 7) is 6.67. The van der Waals surface area contributed by atoms with Crippen LogP contribution in [0.1, 0.15) is 61.6 Å². The van der Waals surface area contributed by atoms with E-state index in [1.54, 1.807) is 12.1 Å². The third kappa shape index (κ3) is 9.92. The van der Waals surface area contributed by atoms with Crippen LogP contribution in [-0.2, 0) is 44.1 Å². The van der Waals surface area contributed by atoms with Crippen LogP contribution < -0.4 is 19.9 Å². The van der Waals surface area contributed by atoms with Gasteiger partial charge < -0.3 is 9.64 Å². The maximum Gasteiger partial charge on any atom is 0.419 e. The van der Waals surface area contributed by atoms with E-state index in [2.05, 4.69) is 15.2 Å². The van der Waals surface area contributed by atoms with Crippen molar-refractivity contribution in [3.63, 3.8) is 0 Å². The molecule has 3 fully saturated rings. The van der Waals surface area contributed by atoms with Gasteiger partial charge in [-0.15, -0.1) is 0 Å². The Hall–Kier alpha value is -5.09. The Kier molecular flexibility index (Phi) is 13.0. The van der Waals surface area contributed by atoms with Gasteiger partial charge in [-0.1, -0.05) is 17.7 Å². The van der Waals surface area contributed by atoms with Crippen LogP contribution in [0, 0.1) is 17.2 Å². The summed E-state index contributed by atoms with van der Waals surface area (Å²) >= 11 is 11.9. The van der Waals surface area contributed by atoms with E-state index in [-0.39, 0.29) is 71.7 Å². The first-order valence-electron chi connectivity index (χ1n) is 19.1. The van der Waals surface area contributed by atoms with Gasteiger partial charge in [0.05, 0.1) is 29.6 Å². The summed E-state index contributed by atoms with van der Waals surface area (Å²) < 4.78 is 77.3. The van der Waals surface area contributed by atoms with E-state index < -0.39 is 40.4 Å². The molecule has 3 saturated heterocycles. The number of ketones is 1. The minimum atomic E-state index is -4.95. The SMILES string of the molecule is CC(F)(F)c1cc(N2C(=S)N(c3cnc(C#N)c(C(F)(F)F)c3)C(=O)C2(C)C)ccc1OCCN1CCN(CC(=O)Cc2cc(Cl)cc(CC3CCC(=O)NC3=O)c2)CC1. The third-order valence-electron chi connectivity index (χ3n) is 10.7. The lowest BCUT2D eigenvalue weighted by Crippen LogP contribution is -2.49. The van der Waals surface area contributed by atoms with E-state index >= 15 is 8.78 Å². The largest absolute Gasteiger partial charge is 0.492 e. The van der Waals surface area contributed by atoms with Gasteiger partial charge in [0, 0.05) is 69.1 Å². The maximum atomic E-state index is 15.1.